The number of hydrogen-bond acceptors (Lipinski definition) is 6. The molecule has 9 heteroatoms. The van der Waals surface area contributed by atoms with Crippen LogP contribution in [0.1, 0.15) is 18.1 Å². The summed E-state index contributed by atoms with van der Waals surface area (Å²) in [6.07, 6.45) is 0.152. The number of ether oxygens (including phenoxy) is 1. The molecule has 5 rings (SSSR count). The lowest BCUT2D eigenvalue weighted by atomic mass is 9.76. The second kappa shape index (κ2) is 11.9. The molecule has 3 aromatic carbocycles. The summed E-state index contributed by atoms with van der Waals surface area (Å²) in [5, 5.41) is 6.26. The monoisotopic (exact) mass is 554 g/mol. The molecule has 0 aromatic heterocycles. The van der Waals surface area contributed by atoms with E-state index in [2.05, 4.69) is 10.6 Å². The molecule has 2 N–H and O–H groups in total. The normalized spacial score (nSPS) is 23.3. The van der Waals surface area contributed by atoms with Gasteiger partial charge >= 0.3 is 12.0 Å². The number of nitrogens with zero attached hydrogens (tertiary/aromatic N) is 2. The highest BCUT2D eigenvalue weighted by Crippen LogP contribution is 2.45. The molecular formula is C32H34N4O5. The standard InChI is InChI=1S/C32H34N4O5/c1-3-35(31(40)33-24-17-11-6-12-18-24)21-25-26-27(29(38)36(28(26)37)20-23-15-9-5-10-16-23)32(34-25,30(39)41-2)19-22-13-7-4-8-14-22/h4-18,25-27,34H,3,19-21H2,1-2H3,(H,33,40)/t25-,26+,27-,32-/m1/s1. The number of methoxy groups -OCH3 is 1. The summed E-state index contributed by atoms with van der Waals surface area (Å²) >= 11 is 0. The molecule has 0 bridgehead atoms. The average molecular weight is 555 g/mol. The number of nitrogens with one attached hydrogen (secondary N) is 2. The van der Waals surface area contributed by atoms with Crippen LogP contribution in [0, 0.1) is 11.8 Å². The minimum Gasteiger partial charge on any atom is -0.468 e. The molecule has 41 heavy (non-hydrogen) atoms. The van der Waals surface area contributed by atoms with E-state index >= 15 is 0 Å². The van der Waals surface area contributed by atoms with E-state index in [9.17, 15) is 19.2 Å². The van der Waals surface area contributed by atoms with Crippen LogP contribution in [0.3, 0.4) is 0 Å². The first-order valence-corrected chi connectivity index (χ1v) is 13.8. The number of amides is 4. The van der Waals surface area contributed by atoms with Gasteiger partial charge in [0.25, 0.3) is 0 Å². The van der Waals surface area contributed by atoms with Crippen LogP contribution in [-0.4, -0.2) is 65.4 Å². The molecule has 2 aliphatic heterocycles. The van der Waals surface area contributed by atoms with E-state index in [0.717, 1.165) is 11.1 Å². The number of fused-ring (bicyclic) bond motifs is 1. The van der Waals surface area contributed by atoms with Gasteiger partial charge in [0.05, 0.1) is 25.5 Å². The Bertz CT molecular complexity index is 1400. The lowest BCUT2D eigenvalue weighted by Crippen LogP contribution is -2.60. The van der Waals surface area contributed by atoms with Gasteiger partial charge in [-0.2, -0.15) is 0 Å². The molecule has 0 unspecified atom stereocenters. The molecule has 2 heterocycles. The van der Waals surface area contributed by atoms with Gasteiger partial charge in [0, 0.05) is 31.2 Å². The number of para-hydroxylation sites is 1. The Labute approximate surface area is 239 Å². The summed E-state index contributed by atoms with van der Waals surface area (Å²) in [4.78, 5) is 57.8. The number of likely N-dealkylation sites (N-methyl/N-ethyl adjacent to an activating group) is 1. The van der Waals surface area contributed by atoms with Crippen LogP contribution in [0.25, 0.3) is 0 Å². The summed E-state index contributed by atoms with van der Waals surface area (Å²) in [6.45, 7) is 2.42. The first kappa shape index (κ1) is 28.0. The summed E-state index contributed by atoms with van der Waals surface area (Å²) in [5.41, 5.74) is 0.782. The van der Waals surface area contributed by atoms with Crippen LogP contribution in [0.15, 0.2) is 91.0 Å². The van der Waals surface area contributed by atoms with Gasteiger partial charge in [-0.3, -0.25) is 24.6 Å². The number of carbonyl (C=O) groups is 4. The van der Waals surface area contributed by atoms with Gasteiger partial charge in [-0.15, -0.1) is 0 Å². The molecule has 0 spiro atoms. The number of urea groups is 1. The number of imide groups is 1. The van der Waals surface area contributed by atoms with Crippen molar-refractivity contribution in [1.29, 1.82) is 0 Å². The smallest absolute Gasteiger partial charge is 0.327 e. The Balaban J connectivity index is 1.50. The van der Waals surface area contributed by atoms with Crippen molar-refractivity contribution < 1.29 is 23.9 Å². The molecule has 2 aliphatic rings. The maximum absolute atomic E-state index is 14.1. The number of esters is 1. The maximum Gasteiger partial charge on any atom is 0.327 e. The minimum atomic E-state index is -1.49. The number of likely N-dealkylation sites (tertiary alicyclic amines) is 1. The molecule has 9 nitrogen and oxygen atoms in total. The predicted molar refractivity (Wildman–Crippen MR) is 154 cm³/mol. The molecule has 4 amide bonds. The topological polar surface area (TPSA) is 108 Å². The van der Waals surface area contributed by atoms with Gasteiger partial charge < -0.3 is 15.0 Å². The van der Waals surface area contributed by atoms with Gasteiger partial charge in [0.15, 0.2) is 0 Å². The van der Waals surface area contributed by atoms with E-state index in [4.69, 9.17) is 4.74 Å². The second-order valence-corrected chi connectivity index (χ2v) is 10.5. The predicted octanol–water partition coefficient (Wildman–Crippen LogP) is 3.47. The number of hydrogen-bond donors (Lipinski definition) is 2. The highest BCUT2D eigenvalue weighted by atomic mass is 16.5. The molecule has 0 radical (unpaired) electrons. The van der Waals surface area contributed by atoms with Crippen molar-refractivity contribution in [2.45, 2.75) is 31.5 Å². The summed E-state index contributed by atoms with van der Waals surface area (Å²) in [7, 11) is 1.29. The lowest BCUT2D eigenvalue weighted by Gasteiger charge is -2.33. The summed E-state index contributed by atoms with van der Waals surface area (Å²) in [6, 6.07) is 26.7. The number of anilines is 1. The van der Waals surface area contributed by atoms with E-state index in [1.54, 1.807) is 17.0 Å². The zero-order chi connectivity index (χ0) is 29.0. The number of rotatable bonds is 9. The fraction of sp³-hybridized carbons (Fsp3) is 0.312. The Morgan fingerprint density at radius 1 is 0.902 bits per heavy atom. The van der Waals surface area contributed by atoms with Gasteiger partial charge in [0.1, 0.15) is 5.54 Å². The molecule has 2 saturated heterocycles. The van der Waals surface area contributed by atoms with Crippen molar-refractivity contribution in [2.75, 3.05) is 25.5 Å². The van der Waals surface area contributed by atoms with Crippen LogP contribution < -0.4 is 10.6 Å². The molecule has 2 fully saturated rings. The van der Waals surface area contributed by atoms with Crippen LogP contribution in [0.4, 0.5) is 10.5 Å². The first-order valence-electron chi connectivity index (χ1n) is 13.8. The van der Waals surface area contributed by atoms with E-state index in [1.165, 1.54) is 12.0 Å². The van der Waals surface area contributed by atoms with Crippen LogP contribution in [-0.2, 0) is 32.1 Å². The second-order valence-electron chi connectivity index (χ2n) is 10.5. The third kappa shape index (κ3) is 5.45. The van der Waals surface area contributed by atoms with Crippen molar-refractivity contribution in [1.82, 2.24) is 15.1 Å². The quantitative estimate of drug-likeness (QED) is 0.310. The van der Waals surface area contributed by atoms with Gasteiger partial charge in [-0.05, 0) is 30.2 Å². The summed E-state index contributed by atoms with van der Waals surface area (Å²) in [5.74, 6) is -3.24. The Hall–Kier alpha value is -4.50. The maximum atomic E-state index is 14.1. The lowest BCUT2D eigenvalue weighted by molar-refractivity contribution is -0.154. The van der Waals surface area contributed by atoms with Gasteiger partial charge in [0.2, 0.25) is 11.8 Å². The van der Waals surface area contributed by atoms with Crippen molar-refractivity contribution in [3.63, 3.8) is 0 Å². The van der Waals surface area contributed by atoms with E-state index in [1.807, 2.05) is 85.8 Å². The molecule has 0 aliphatic carbocycles. The summed E-state index contributed by atoms with van der Waals surface area (Å²) < 4.78 is 5.28. The van der Waals surface area contributed by atoms with Crippen LogP contribution in [0.5, 0.6) is 0 Å². The highest BCUT2D eigenvalue weighted by molar-refractivity contribution is 6.09. The van der Waals surface area contributed by atoms with Gasteiger partial charge in [-0.25, -0.2) is 4.79 Å². The zero-order valence-electron chi connectivity index (χ0n) is 23.2. The van der Waals surface area contributed by atoms with Gasteiger partial charge in [-0.1, -0.05) is 78.9 Å². The van der Waals surface area contributed by atoms with Crippen molar-refractivity contribution >= 4 is 29.5 Å². The average Bonchev–Trinajstić information content (AvgIpc) is 3.45. The molecule has 212 valence electrons. The zero-order valence-corrected chi connectivity index (χ0v) is 23.2. The number of benzene rings is 3. The Morgan fingerprint density at radius 2 is 1.49 bits per heavy atom. The Morgan fingerprint density at radius 3 is 2.07 bits per heavy atom. The van der Waals surface area contributed by atoms with Crippen LogP contribution >= 0.6 is 0 Å². The largest absolute Gasteiger partial charge is 0.468 e. The van der Waals surface area contributed by atoms with E-state index in [0.29, 0.717) is 12.2 Å². The third-order valence-electron chi connectivity index (χ3n) is 8.02. The fourth-order valence-corrected chi connectivity index (χ4v) is 6.10. The molecular weight excluding hydrogens is 520 g/mol. The van der Waals surface area contributed by atoms with E-state index < -0.39 is 35.3 Å². The Kier molecular flexibility index (Phi) is 8.16. The third-order valence-corrected chi connectivity index (χ3v) is 8.02. The molecule has 3 aromatic rings. The van der Waals surface area contributed by atoms with Crippen molar-refractivity contribution in [3.8, 4) is 0 Å². The minimum absolute atomic E-state index is 0.104. The fourth-order valence-electron chi connectivity index (χ4n) is 6.10. The number of carbonyl (C=O) groups excluding carboxylic acids is 4. The van der Waals surface area contributed by atoms with Crippen molar-refractivity contribution in [2.24, 2.45) is 11.8 Å². The highest BCUT2D eigenvalue weighted by Gasteiger charge is 2.68. The SMILES string of the molecule is CCN(C[C@H]1N[C@@](Cc2ccccc2)(C(=O)OC)[C@H]2C(=O)N(Cc3ccccc3)C(=O)[C@@H]12)C(=O)Nc1ccccc1. The van der Waals surface area contributed by atoms with Crippen LogP contribution in [0.2, 0.25) is 0 Å². The van der Waals surface area contributed by atoms with E-state index in [-0.39, 0.29) is 31.4 Å². The first-order chi connectivity index (χ1) is 19.9. The molecule has 0 saturated carbocycles. The van der Waals surface area contributed by atoms with Crippen molar-refractivity contribution in [3.05, 3.63) is 102 Å². The molecule has 4 atom stereocenters.